The first-order chi connectivity index (χ1) is 27.9. The number of carbonyl (C=O) groups is 4. The highest BCUT2D eigenvalue weighted by molar-refractivity contribution is 7.61. The van der Waals surface area contributed by atoms with E-state index < -0.39 is 71.7 Å². The molecule has 1 unspecified atom stereocenters. The average molecular weight is 852 g/mol. The number of aromatic nitrogens is 2. The van der Waals surface area contributed by atoms with Crippen LogP contribution in [-0.4, -0.2) is 99.6 Å². The lowest BCUT2D eigenvalue weighted by Gasteiger charge is -2.35. The second kappa shape index (κ2) is 17.7. The van der Waals surface area contributed by atoms with Crippen molar-refractivity contribution < 1.29 is 42.8 Å². The minimum absolute atomic E-state index is 0.0147. The summed E-state index contributed by atoms with van der Waals surface area (Å²) in [5, 5.41) is 7.69. The number of nitrogens with one attached hydrogen (secondary N) is 2. The highest BCUT2D eigenvalue weighted by atomic mass is 32.1. The molecule has 2 amide bonds. The summed E-state index contributed by atoms with van der Waals surface area (Å²) in [7, 11) is -1.26. The number of fused-ring (bicyclic) bond motifs is 1. The Labute approximate surface area is 350 Å². The molecular formula is C43H58N5O9PS. The summed E-state index contributed by atoms with van der Waals surface area (Å²) in [4.78, 5) is 77.7. The van der Waals surface area contributed by atoms with Crippen LogP contribution >= 0.6 is 18.7 Å². The zero-order valence-corrected chi connectivity index (χ0v) is 36.8. The molecule has 1 aromatic carbocycles. The van der Waals surface area contributed by atoms with Crippen LogP contribution in [0.15, 0.2) is 42.3 Å². The molecule has 16 heteroatoms. The standard InChI is InChI=1S/C43H58N5O9PS/c1-9-26-20-43(26,58(53,54)23-38(50)44-7)21-36(49)35-17-29(22-48(35)40(52)31(42(4,5)6)18-39(51)57-27-12-10-11-13-27)56-37-19-33(34-24-59-41(47-34)45-25(2)3)46-32-16-28(55-8)14-15-30(32)37/h9,14-16,19,24-27,29,31,35H,1,10-13,17-18,20-23H2,2-8H3,(H,44,50)(H,45,47)(H,53,54)/t26-,29-,31-,35+,43-/m1/s1. The van der Waals surface area contributed by atoms with Crippen LogP contribution in [0.25, 0.3) is 22.3 Å². The van der Waals surface area contributed by atoms with Crippen molar-refractivity contribution in [2.24, 2.45) is 17.3 Å². The molecule has 0 radical (unpaired) electrons. The van der Waals surface area contributed by atoms with Crippen LogP contribution in [0.5, 0.6) is 11.5 Å². The molecule has 2 aliphatic carbocycles. The second-order valence-corrected chi connectivity index (χ2v) is 21.0. The summed E-state index contributed by atoms with van der Waals surface area (Å²) in [5.41, 5.74) is 1.10. The minimum atomic E-state index is -4.22. The number of allylic oxidation sites excluding steroid dienone is 1. The Bertz CT molecular complexity index is 2130. The number of carbonyl (C=O) groups excluding carboxylic acids is 4. The van der Waals surface area contributed by atoms with Crippen LogP contribution in [0, 0.1) is 17.3 Å². The fourth-order valence-corrected chi connectivity index (χ4v) is 11.6. The number of benzene rings is 1. The molecule has 6 rings (SSSR count). The maximum absolute atomic E-state index is 14.9. The monoisotopic (exact) mass is 851 g/mol. The van der Waals surface area contributed by atoms with Crippen LogP contribution < -0.4 is 20.1 Å². The van der Waals surface area contributed by atoms with Gasteiger partial charge in [-0.25, -0.2) is 9.97 Å². The molecule has 3 N–H and O–H groups in total. The Kier molecular flexibility index (Phi) is 13.3. The quantitative estimate of drug-likeness (QED) is 0.0719. The molecule has 3 fully saturated rings. The van der Waals surface area contributed by atoms with Gasteiger partial charge in [0, 0.05) is 48.8 Å². The van der Waals surface area contributed by atoms with E-state index in [0.717, 1.165) is 30.8 Å². The number of ketones is 1. The third-order valence-corrected chi connectivity index (χ3v) is 15.4. The van der Waals surface area contributed by atoms with E-state index in [1.807, 2.05) is 46.1 Å². The number of hydrogen-bond donors (Lipinski definition) is 3. The van der Waals surface area contributed by atoms with Gasteiger partial charge >= 0.3 is 5.97 Å². The van der Waals surface area contributed by atoms with Crippen molar-refractivity contribution in [3.05, 3.63) is 42.3 Å². The van der Waals surface area contributed by atoms with Gasteiger partial charge in [-0.1, -0.05) is 26.8 Å². The molecule has 2 aromatic heterocycles. The zero-order valence-electron chi connectivity index (χ0n) is 35.1. The van der Waals surface area contributed by atoms with Crippen molar-refractivity contribution >= 4 is 58.3 Å². The number of ether oxygens (including phenoxy) is 3. The van der Waals surface area contributed by atoms with Crippen molar-refractivity contribution in [3.8, 4) is 22.9 Å². The predicted octanol–water partition coefficient (Wildman–Crippen LogP) is 6.99. The van der Waals surface area contributed by atoms with E-state index in [9.17, 15) is 28.6 Å². The molecular weight excluding hydrogens is 794 g/mol. The first-order valence-electron chi connectivity index (χ1n) is 20.4. The number of esters is 1. The number of thiazole rings is 1. The maximum Gasteiger partial charge on any atom is 0.306 e. The van der Waals surface area contributed by atoms with Gasteiger partial charge in [-0.2, -0.15) is 0 Å². The molecule has 320 valence electrons. The lowest BCUT2D eigenvalue weighted by molar-refractivity contribution is -0.156. The Morgan fingerprint density at radius 1 is 1.12 bits per heavy atom. The zero-order chi connectivity index (χ0) is 42.9. The van der Waals surface area contributed by atoms with Gasteiger partial charge in [0.2, 0.25) is 19.2 Å². The van der Waals surface area contributed by atoms with E-state index in [1.165, 1.54) is 23.3 Å². The van der Waals surface area contributed by atoms with Gasteiger partial charge < -0.3 is 34.6 Å². The summed E-state index contributed by atoms with van der Waals surface area (Å²) < 4.78 is 32.0. The van der Waals surface area contributed by atoms with Crippen molar-refractivity contribution in [3.63, 3.8) is 0 Å². The topological polar surface area (TPSA) is 186 Å². The largest absolute Gasteiger partial charge is 0.497 e. The SMILES string of the molecule is C=C[C@@H]1C[C@]1(CC(=O)[C@@H]1C[C@@H](Oc2cc(-c3csc(NC(C)C)n3)nc3cc(OC)ccc23)CN1C(=O)[C@@H](CC(=O)OC1CCCC1)C(C)(C)C)P(=O)(O)CC(=O)NC. The lowest BCUT2D eigenvalue weighted by Crippen LogP contribution is -2.48. The van der Waals surface area contributed by atoms with Crippen molar-refractivity contribution in [1.82, 2.24) is 20.2 Å². The Morgan fingerprint density at radius 3 is 2.47 bits per heavy atom. The number of methoxy groups -OCH3 is 1. The normalized spacial score (nSPS) is 23.4. The summed E-state index contributed by atoms with van der Waals surface area (Å²) in [6, 6.07) is 6.39. The molecule has 1 aliphatic heterocycles. The number of nitrogens with zero attached hydrogens (tertiary/aromatic N) is 3. The van der Waals surface area contributed by atoms with E-state index in [1.54, 1.807) is 31.4 Å². The molecule has 14 nitrogen and oxygen atoms in total. The molecule has 3 aromatic rings. The Morgan fingerprint density at radius 2 is 1.85 bits per heavy atom. The van der Waals surface area contributed by atoms with E-state index in [2.05, 4.69) is 17.2 Å². The molecule has 1 saturated heterocycles. The van der Waals surface area contributed by atoms with Crippen molar-refractivity contribution in [1.29, 1.82) is 0 Å². The first-order valence-corrected chi connectivity index (χ1v) is 23.2. The summed E-state index contributed by atoms with van der Waals surface area (Å²) in [6.45, 7) is 13.6. The van der Waals surface area contributed by atoms with Gasteiger partial charge in [0.1, 0.15) is 35.6 Å². The van der Waals surface area contributed by atoms with Gasteiger partial charge in [-0.3, -0.25) is 23.7 Å². The molecule has 3 aliphatic rings. The van der Waals surface area contributed by atoms with Crippen LogP contribution in [-0.2, 0) is 28.5 Å². The van der Waals surface area contributed by atoms with Gasteiger partial charge in [0.15, 0.2) is 10.9 Å². The average Bonchev–Trinajstić information content (AvgIpc) is 3.57. The van der Waals surface area contributed by atoms with Crippen LogP contribution in [0.3, 0.4) is 0 Å². The minimum Gasteiger partial charge on any atom is -0.497 e. The van der Waals surface area contributed by atoms with Crippen LogP contribution in [0.1, 0.15) is 86.0 Å². The number of hydrogen-bond acceptors (Lipinski definition) is 12. The summed E-state index contributed by atoms with van der Waals surface area (Å²) in [6.07, 6.45) is 3.42. The number of rotatable bonds is 17. The predicted molar refractivity (Wildman–Crippen MR) is 228 cm³/mol. The summed E-state index contributed by atoms with van der Waals surface area (Å²) in [5.74, 6) is -2.11. The van der Waals surface area contributed by atoms with E-state index in [0.29, 0.717) is 33.8 Å². The molecule has 2 saturated carbocycles. The fourth-order valence-electron chi connectivity index (χ4n) is 8.42. The Balaban J connectivity index is 1.35. The van der Waals surface area contributed by atoms with E-state index in [4.69, 9.17) is 24.2 Å². The van der Waals surface area contributed by atoms with Gasteiger partial charge in [0.05, 0.1) is 48.4 Å². The van der Waals surface area contributed by atoms with Gasteiger partial charge in [-0.15, -0.1) is 17.9 Å². The molecule has 0 spiro atoms. The third kappa shape index (κ3) is 9.84. The first kappa shape index (κ1) is 44.2. The molecule has 0 bridgehead atoms. The van der Waals surface area contributed by atoms with Crippen LogP contribution in [0.4, 0.5) is 5.13 Å². The third-order valence-electron chi connectivity index (χ3n) is 11.9. The Hall–Kier alpha value is -4.33. The van der Waals surface area contributed by atoms with E-state index >= 15 is 0 Å². The molecule has 6 atom stereocenters. The smallest absolute Gasteiger partial charge is 0.306 e. The van der Waals surface area contributed by atoms with E-state index in [-0.39, 0.29) is 44.4 Å². The number of Topliss-reactive ketones (excluding diaryl/α,β-unsaturated/α-hetero) is 1. The van der Waals surface area contributed by atoms with Crippen LogP contribution in [0.2, 0.25) is 0 Å². The number of anilines is 1. The fraction of sp³-hybridized carbons (Fsp3) is 0.581. The lowest BCUT2D eigenvalue weighted by atomic mass is 9.77. The number of pyridine rings is 1. The maximum atomic E-state index is 14.9. The van der Waals surface area contributed by atoms with Crippen molar-refractivity contribution in [2.45, 2.75) is 115 Å². The molecule has 3 heterocycles. The number of amides is 2. The highest BCUT2D eigenvalue weighted by Crippen LogP contribution is 2.72. The van der Waals surface area contributed by atoms with Crippen molar-refractivity contribution in [2.75, 3.05) is 32.2 Å². The highest BCUT2D eigenvalue weighted by Gasteiger charge is 2.65. The summed E-state index contributed by atoms with van der Waals surface area (Å²) >= 11 is 1.46. The molecule has 59 heavy (non-hydrogen) atoms. The van der Waals surface area contributed by atoms with Gasteiger partial charge in [0.25, 0.3) is 0 Å². The second-order valence-electron chi connectivity index (χ2n) is 17.6. The number of likely N-dealkylation sites (tertiary alicyclic amines) is 1. The van der Waals surface area contributed by atoms with Gasteiger partial charge in [-0.05, 0) is 69.4 Å².